The Kier molecular flexibility index (Phi) is 3.97. The van der Waals surface area contributed by atoms with Crippen molar-refractivity contribution in [3.8, 4) is 11.1 Å². The summed E-state index contributed by atoms with van der Waals surface area (Å²) < 4.78 is 1.92. The summed E-state index contributed by atoms with van der Waals surface area (Å²) in [5.41, 5.74) is 3.59. The summed E-state index contributed by atoms with van der Waals surface area (Å²) in [5.74, 6) is 2.26. The fraction of sp³-hybridized carbons (Fsp3) is 0.389. The molecule has 1 aliphatic rings. The van der Waals surface area contributed by atoms with Crippen LogP contribution in [-0.2, 0) is 0 Å². The van der Waals surface area contributed by atoms with E-state index in [1.807, 2.05) is 30.5 Å². The van der Waals surface area contributed by atoms with Crippen molar-refractivity contribution in [3.63, 3.8) is 0 Å². The lowest BCUT2D eigenvalue weighted by molar-refractivity contribution is 0.620. The molecule has 0 unspecified atom stereocenters. The van der Waals surface area contributed by atoms with Gasteiger partial charge in [-0.05, 0) is 38.8 Å². The van der Waals surface area contributed by atoms with Gasteiger partial charge in [-0.3, -0.25) is 0 Å². The Balaban J connectivity index is 1.98. The molecule has 0 atom stereocenters. The minimum absolute atomic E-state index is 0.460. The van der Waals surface area contributed by atoms with Crippen molar-refractivity contribution < 1.29 is 0 Å². The molecule has 0 amide bonds. The summed E-state index contributed by atoms with van der Waals surface area (Å²) in [5, 5.41) is 5.97. The van der Waals surface area contributed by atoms with Crippen LogP contribution in [0.5, 0.6) is 0 Å². The van der Waals surface area contributed by atoms with E-state index in [1.54, 1.807) is 6.07 Å². The monoisotopic (exact) mass is 360 g/mol. The van der Waals surface area contributed by atoms with Gasteiger partial charge in [-0.1, -0.05) is 42.1 Å². The fourth-order valence-corrected chi connectivity index (χ4v) is 4.13. The van der Waals surface area contributed by atoms with Gasteiger partial charge in [0.25, 0.3) is 0 Å². The van der Waals surface area contributed by atoms with Crippen molar-refractivity contribution in [2.24, 2.45) is 0 Å². The molecule has 1 aromatic carbocycles. The standard InChI is InChI=1S/C18H18Cl2N4/c1-10-16(14-8-7-13(19)9-15(14)20)18-22-11(2)21-17(24(18)23-10)12-5-3-4-6-12/h7-9,12H,3-6H2,1-2H3. The van der Waals surface area contributed by atoms with Gasteiger partial charge in [0.15, 0.2) is 5.65 Å². The van der Waals surface area contributed by atoms with Crippen LogP contribution in [-0.4, -0.2) is 19.6 Å². The molecular formula is C18H18Cl2N4. The third-order valence-corrected chi connectivity index (χ3v) is 5.27. The van der Waals surface area contributed by atoms with Gasteiger partial charge in [0.1, 0.15) is 11.6 Å². The molecule has 2 aromatic heterocycles. The molecule has 1 saturated carbocycles. The fourth-order valence-electron chi connectivity index (χ4n) is 3.63. The lowest BCUT2D eigenvalue weighted by Crippen LogP contribution is -2.09. The second-order valence-corrected chi connectivity index (χ2v) is 7.27. The van der Waals surface area contributed by atoms with Crippen molar-refractivity contribution in [1.82, 2.24) is 19.6 Å². The number of aromatic nitrogens is 4. The first-order valence-electron chi connectivity index (χ1n) is 8.24. The average Bonchev–Trinajstić information content (AvgIpc) is 3.15. The Labute approximate surface area is 150 Å². The lowest BCUT2D eigenvalue weighted by Gasteiger charge is -2.11. The van der Waals surface area contributed by atoms with E-state index in [-0.39, 0.29) is 0 Å². The predicted molar refractivity (Wildman–Crippen MR) is 96.9 cm³/mol. The number of hydrogen-bond donors (Lipinski definition) is 0. The number of rotatable bonds is 2. The van der Waals surface area contributed by atoms with Gasteiger partial charge in [-0.15, -0.1) is 0 Å². The SMILES string of the molecule is Cc1nc(C2CCCC2)n2nc(C)c(-c3ccc(Cl)cc3Cl)c2n1. The zero-order chi connectivity index (χ0) is 16.8. The molecule has 0 bridgehead atoms. The number of fused-ring (bicyclic) bond motifs is 1. The molecule has 24 heavy (non-hydrogen) atoms. The van der Waals surface area contributed by atoms with E-state index < -0.39 is 0 Å². The smallest absolute Gasteiger partial charge is 0.167 e. The number of benzene rings is 1. The first-order valence-corrected chi connectivity index (χ1v) is 8.99. The molecule has 6 heteroatoms. The van der Waals surface area contributed by atoms with E-state index in [9.17, 15) is 0 Å². The summed E-state index contributed by atoms with van der Waals surface area (Å²) in [6.45, 7) is 3.93. The summed E-state index contributed by atoms with van der Waals surface area (Å²) in [4.78, 5) is 9.37. The van der Waals surface area contributed by atoms with Crippen molar-refractivity contribution in [3.05, 3.63) is 45.6 Å². The zero-order valence-corrected chi connectivity index (χ0v) is 15.2. The van der Waals surface area contributed by atoms with E-state index in [0.717, 1.165) is 34.1 Å². The van der Waals surface area contributed by atoms with Gasteiger partial charge in [0.2, 0.25) is 0 Å². The topological polar surface area (TPSA) is 43.1 Å². The van der Waals surface area contributed by atoms with Crippen LogP contribution < -0.4 is 0 Å². The summed E-state index contributed by atoms with van der Waals surface area (Å²) in [7, 11) is 0. The van der Waals surface area contributed by atoms with Crippen LogP contribution in [0.15, 0.2) is 18.2 Å². The van der Waals surface area contributed by atoms with Crippen molar-refractivity contribution in [1.29, 1.82) is 0 Å². The molecule has 0 saturated heterocycles. The van der Waals surface area contributed by atoms with Crippen molar-refractivity contribution in [2.45, 2.75) is 45.4 Å². The van der Waals surface area contributed by atoms with E-state index in [4.69, 9.17) is 33.3 Å². The molecule has 0 N–H and O–H groups in total. The molecular weight excluding hydrogens is 343 g/mol. The van der Waals surface area contributed by atoms with Crippen LogP contribution >= 0.6 is 23.2 Å². The van der Waals surface area contributed by atoms with Gasteiger partial charge >= 0.3 is 0 Å². The molecule has 0 radical (unpaired) electrons. The number of nitrogens with zero attached hydrogens (tertiary/aromatic N) is 4. The molecule has 1 aliphatic carbocycles. The summed E-state index contributed by atoms with van der Waals surface area (Å²) >= 11 is 12.5. The molecule has 3 aromatic rings. The summed E-state index contributed by atoms with van der Waals surface area (Å²) in [6, 6.07) is 5.53. The van der Waals surface area contributed by atoms with Crippen LogP contribution in [0.1, 0.15) is 48.9 Å². The van der Waals surface area contributed by atoms with E-state index in [0.29, 0.717) is 16.0 Å². The highest BCUT2D eigenvalue weighted by Crippen LogP contribution is 2.37. The van der Waals surface area contributed by atoms with Crippen LogP contribution in [0, 0.1) is 13.8 Å². The summed E-state index contributed by atoms with van der Waals surface area (Å²) in [6.07, 6.45) is 4.85. The highest BCUT2D eigenvalue weighted by molar-refractivity contribution is 6.36. The number of halogens is 2. The second-order valence-electron chi connectivity index (χ2n) is 6.43. The Morgan fingerprint density at radius 3 is 2.54 bits per heavy atom. The molecule has 4 rings (SSSR count). The third kappa shape index (κ3) is 2.58. The highest BCUT2D eigenvalue weighted by Gasteiger charge is 2.25. The molecule has 1 fully saturated rings. The maximum atomic E-state index is 6.44. The minimum Gasteiger partial charge on any atom is -0.218 e. The van der Waals surface area contributed by atoms with Crippen LogP contribution in [0.25, 0.3) is 16.8 Å². The minimum atomic E-state index is 0.460. The van der Waals surface area contributed by atoms with Gasteiger partial charge in [-0.2, -0.15) is 9.61 Å². The lowest BCUT2D eigenvalue weighted by atomic mass is 10.1. The van der Waals surface area contributed by atoms with Crippen molar-refractivity contribution in [2.75, 3.05) is 0 Å². The third-order valence-electron chi connectivity index (χ3n) is 4.72. The van der Waals surface area contributed by atoms with E-state index in [2.05, 4.69) is 4.98 Å². The van der Waals surface area contributed by atoms with Crippen LogP contribution in [0.3, 0.4) is 0 Å². The Morgan fingerprint density at radius 2 is 1.83 bits per heavy atom. The number of hydrogen-bond acceptors (Lipinski definition) is 3. The predicted octanol–water partition coefficient (Wildman–Crippen LogP) is 5.37. The molecule has 4 nitrogen and oxygen atoms in total. The Morgan fingerprint density at radius 1 is 1.08 bits per heavy atom. The van der Waals surface area contributed by atoms with Gasteiger partial charge in [0.05, 0.1) is 16.3 Å². The quantitative estimate of drug-likeness (QED) is 0.616. The van der Waals surface area contributed by atoms with E-state index in [1.165, 1.54) is 25.7 Å². The van der Waals surface area contributed by atoms with E-state index >= 15 is 0 Å². The second kappa shape index (κ2) is 6.01. The van der Waals surface area contributed by atoms with Crippen molar-refractivity contribution >= 4 is 28.8 Å². The normalized spacial score (nSPS) is 15.5. The first-order chi connectivity index (χ1) is 11.5. The average molecular weight is 361 g/mol. The molecule has 0 aliphatic heterocycles. The van der Waals surface area contributed by atoms with Gasteiger partial charge < -0.3 is 0 Å². The largest absolute Gasteiger partial charge is 0.218 e. The van der Waals surface area contributed by atoms with Gasteiger partial charge in [0, 0.05) is 16.5 Å². The first kappa shape index (κ1) is 15.9. The van der Waals surface area contributed by atoms with Gasteiger partial charge in [-0.25, -0.2) is 9.97 Å². The maximum absolute atomic E-state index is 6.44. The Bertz CT molecular complexity index is 926. The molecule has 124 valence electrons. The highest BCUT2D eigenvalue weighted by atomic mass is 35.5. The number of aryl methyl sites for hydroxylation is 2. The zero-order valence-electron chi connectivity index (χ0n) is 13.7. The van der Waals surface area contributed by atoms with Crippen LogP contribution in [0.2, 0.25) is 10.0 Å². The molecule has 0 spiro atoms. The molecule has 2 heterocycles. The maximum Gasteiger partial charge on any atom is 0.167 e. The Hall–Kier alpha value is -1.65. The van der Waals surface area contributed by atoms with Crippen LogP contribution in [0.4, 0.5) is 0 Å².